The first kappa shape index (κ1) is 41.8. The van der Waals surface area contributed by atoms with Gasteiger partial charge in [0.25, 0.3) is 0 Å². The molecule has 6 heteroatoms. The third kappa shape index (κ3) is 11.3. The zero-order chi connectivity index (χ0) is 37.2. The Bertz CT molecular complexity index is 1500. The summed E-state index contributed by atoms with van der Waals surface area (Å²) in [6.07, 6.45) is 27.0. The van der Waals surface area contributed by atoms with Gasteiger partial charge in [-0.05, 0) is 121 Å². The van der Waals surface area contributed by atoms with E-state index in [1.54, 1.807) is 96.3 Å². The topological polar surface area (TPSA) is 15.6 Å². The summed E-state index contributed by atoms with van der Waals surface area (Å²) in [7, 11) is -0.0465. The SMILES string of the molecule is C1CCC([PH+](C2CCCCC2)C2CCCCC2)CC1.Cc1cc(C)c(C2CN(c3c(C)cc(C)cc3C)[C-]=N2)c(C)c1.Cl[C](=[Ru+])c1ccccc1Cl. The fraction of sp³-hybridized carbons (Fsp3) is 0.565. The van der Waals surface area contributed by atoms with Crippen molar-refractivity contribution in [2.75, 3.05) is 11.4 Å². The molecule has 0 radical (unpaired) electrons. The zero-order valence-corrected chi connectivity index (χ0v) is 37.0. The van der Waals surface area contributed by atoms with E-state index in [4.69, 9.17) is 28.2 Å². The van der Waals surface area contributed by atoms with Gasteiger partial charge in [0.15, 0.2) is 0 Å². The molecule has 0 spiro atoms. The van der Waals surface area contributed by atoms with Crippen LogP contribution in [0.25, 0.3) is 0 Å². The van der Waals surface area contributed by atoms with Gasteiger partial charge in [-0.2, -0.15) is 0 Å². The maximum absolute atomic E-state index is 5.80. The van der Waals surface area contributed by atoms with Crippen LogP contribution in [0, 0.1) is 41.5 Å². The van der Waals surface area contributed by atoms with Gasteiger partial charge in [0.1, 0.15) is 0 Å². The summed E-state index contributed by atoms with van der Waals surface area (Å²) in [5.41, 5.74) is 15.0. The molecule has 3 aliphatic carbocycles. The molecule has 3 fully saturated rings. The van der Waals surface area contributed by atoms with Gasteiger partial charge in [0.2, 0.25) is 0 Å². The summed E-state index contributed by atoms with van der Waals surface area (Å²) >= 11 is 13.8. The van der Waals surface area contributed by atoms with Gasteiger partial charge in [-0.25, -0.2) is 0 Å². The fourth-order valence-electron chi connectivity index (χ4n) is 9.92. The van der Waals surface area contributed by atoms with E-state index in [-0.39, 0.29) is 14.0 Å². The van der Waals surface area contributed by atoms with E-state index in [2.05, 4.69) is 94.9 Å². The van der Waals surface area contributed by atoms with Crippen molar-refractivity contribution in [1.29, 1.82) is 0 Å². The second-order valence-corrected chi connectivity index (χ2v) is 21.7. The van der Waals surface area contributed by atoms with E-state index in [1.807, 2.05) is 24.3 Å². The molecule has 4 aliphatic rings. The number of hydrogen-bond acceptors (Lipinski definition) is 2. The molecule has 2 nitrogen and oxygen atoms in total. The summed E-state index contributed by atoms with van der Waals surface area (Å²) in [4.78, 5) is 6.88. The molecule has 283 valence electrons. The second-order valence-electron chi connectivity index (χ2n) is 16.1. The number of halogens is 2. The summed E-state index contributed by atoms with van der Waals surface area (Å²) in [6, 6.07) is 16.6. The molecule has 1 heterocycles. The number of anilines is 1. The van der Waals surface area contributed by atoms with Crippen molar-refractivity contribution in [1.82, 2.24) is 0 Å². The first-order valence-corrected chi connectivity index (χ1v) is 23.6. The van der Waals surface area contributed by atoms with Crippen LogP contribution in [0.3, 0.4) is 0 Å². The second kappa shape index (κ2) is 20.5. The van der Waals surface area contributed by atoms with Crippen molar-refractivity contribution < 1.29 is 17.9 Å². The Morgan fingerprint density at radius 3 is 1.50 bits per heavy atom. The quantitative estimate of drug-likeness (QED) is 0.137. The molecule has 0 amide bonds. The van der Waals surface area contributed by atoms with Crippen molar-refractivity contribution in [2.45, 2.75) is 161 Å². The molecular formula is C46H63Cl2N2PRu+. The molecule has 0 bridgehead atoms. The fourth-order valence-corrected chi connectivity index (χ4v) is 16.1. The van der Waals surface area contributed by atoms with Gasteiger partial charge in [-0.15, -0.1) is 16.8 Å². The Morgan fingerprint density at radius 2 is 1.10 bits per heavy atom. The minimum atomic E-state index is -0.0465. The van der Waals surface area contributed by atoms with Gasteiger partial charge < -0.3 is 9.89 Å². The summed E-state index contributed by atoms with van der Waals surface area (Å²) < 4.78 is 0.657. The van der Waals surface area contributed by atoms with Gasteiger partial charge in [-0.1, -0.05) is 74.8 Å². The number of hydrogen-bond donors (Lipinski definition) is 0. The van der Waals surface area contributed by atoms with Crippen LogP contribution in [-0.2, 0) is 17.9 Å². The Hall–Kier alpha value is -1.37. The van der Waals surface area contributed by atoms with Crippen LogP contribution >= 0.6 is 31.1 Å². The predicted molar refractivity (Wildman–Crippen MR) is 229 cm³/mol. The predicted octanol–water partition coefficient (Wildman–Crippen LogP) is 13.8. The van der Waals surface area contributed by atoms with Crippen molar-refractivity contribution in [3.8, 4) is 0 Å². The Labute approximate surface area is 337 Å². The molecule has 1 atom stereocenters. The monoisotopic (exact) mass is 846 g/mol. The number of aryl methyl sites for hydroxylation is 6. The molecular weight excluding hydrogens is 783 g/mol. The Morgan fingerprint density at radius 1 is 0.673 bits per heavy atom. The van der Waals surface area contributed by atoms with E-state index in [9.17, 15) is 0 Å². The van der Waals surface area contributed by atoms with Crippen LogP contribution in [0.2, 0.25) is 5.02 Å². The molecule has 52 heavy (non-hydrogen) atoms. The van der Waals surface area contributed by atoms with Crippen LogP contribution in [-0.4, -0.2) is 33.4 Å². The van der Waals surface area contributed by atoms with Crippen LogP contribution in [0.1, 0.15) is 147 Å². The molecule has 3 saturated carbocycles. The summed E-state index contributed by atoms with van der Waals surface area (Å²) in [5.74, 6) is 0. The number of aliphatic imine (C=N–C) groups is 1. The molecule has 0 N–H and O–H groups in total. The van der Waals surface area contributed by atoms with Gasteiger partial charge in [-0.3, -0.25) is 0 Å². The molecule has 7 rings (SSSR count). The maximum atomic E-state index is 5.80. The average molecular weight is 847 g/mol. The number of benzene rings is 3. The van der Waals surface area contributed by atoms with Crippen molar-refractivity contribution in [3.05, 3.63) is 98.1 Å². The normalized spacial score (nSPS) is 19.9. The number of nitrogens with zero attached hydrogens (tertiary/aromatic N) is 2. The molecule has 0 saturated heterocycles. The molecule has 3 aromatic carbocycles. The molecule has 1 aliphatic heterocycles. The van der Waals surface area contributed by atoms with Crippen LogP contribution < -0.4 is 4.90 Å². The van der Waals surface area contributed by atoms with Gasteiger partial charge >= 0.3 is 79.5 Å². The molecule has 1 unspecified atom stereocenters. The standard InChI is InChI=1S/C21H25N2.C18H33P.C7H4Cl2.Ru/c1-13-7-15(3)20(16(4)8-13)19-11-23(12-22-19)21-17(5)9-14(2)10-18(21)6;1-4-10-16(11-5-1)19(17-12-6-2-7-13-17)18-14-8-3-9-15-18;8-5-6-3-1-2-4-7(6)9;/h7-10,19H,11H2,1-6H3;16-18H,1-15H2;1-4H;/q-1;;;+1/p+1. The van der Waals surface area contributed by atoms with Crippen molar-refractivity contribution in [3.63, 3.8) is 0 Å². The Kier molecular flexibility index (Phi) is 16.5. The summed E-state index contributed by atoms with van der Waals surface area (Å²) in [5, 5.41) is 0.686. The van der Waals surface area contributed by atoms with Crippen molar-refractivity contribution in [2.24, 2.45) is 4.99 Å². The molecule has 0 aromatic heterocycles. The first-order valence-electron chi connectivity index (χ1n) is 20.2. The van der Waals surface area contributed by atoms with Crippen LogP contribution in [0.5, 0.6) is 0 Å². The van der Waals surface area contributed by atoms with E-state index >= 15 is 0 Å². The van der Waals surface area contributed by atoms with Gasteiger partial charge in [0.05, 0.1) is 23.0 Å². The summed E-state index contributed by atoms with van der Waals surface area (Å²) in [6.45, 7) is 13.9. The van der Waals surface area contributed by atoms with E-state index < -0.39 is 0 Å². The Balaban J connectivity index is 0.000000162. The van der Waals surface area contributed by atoms with Crippen LogP contribution in [0.15, 0.2) is 53.5 Å². The third-order valence-electron chi connectivity index (χ3n) is 12.0. The van der Waals surface area contributed by atoms with E-state index in [0.717, 1.165) is 12.1 Å². The zero-order valence-electron chi connectivity index (χ0n) is 32.7. The molecule has 3 aromatic rings. The average Bonchev–Trinajstić information content (AvgIpc) is 3.58. The minimum absolute atomic E-state index is 0.0465. The van der Waals surface area contributed by atoms with Crippen LogP contribution in [0.4, 0.5) is 5.69 Å². The van der Waals surface area contributed by atoms with Crippen molar-refractivity contribution >= 4 is 46.7 Å². The first-order chi connectivity index (χ1) is 25.0. The van der Waals surface area contributed by atoms with Gasteiger partial charge in [0, 0.05) is 14.5 Å². The number of rotatable bonds is 6. The van der Waals surface area contributed by atoms with E-state index in [0.29, 0.717) is 8.59 Å². The third-order valence-corrected chi connectivity index (χ3v) is 17.5. The van der Waals surface area contributed by atoms with E-state index in [1.165, 1.54) is 61.6 Å².